The Morgan fingerprint density at radius 1 is 1.50 bits per heavy atom. The predicted molar refractivity (Wildman–Crippen MR) is 68.2 cm³/mol. The summed E-state index contributed by atoms with van der Waals surface area (Å²) in [6.07, 6.45) is 3.66. The number of nitrogens with one attached hydrogen (secondary N) is 1. The van der Waals surface area contributed by atoms with Crippen LogP contribution in [-0.4, -0.2) is 21.5 Å². The van der Waals surface area contributed by atoms with Crippen molar-refractivity contribution in [2.45, 2.75) is 13.1 Å². The van der Waals surface area contributed by atoms with Crippen molar-refractivity contribution >= 4 is 29.4 Å². The smallest absolute Gasteiger partial charge is 0.0729 e. The van der Waals surface area contributed by atoms with Crippen LogP contribution in [0.4, 0.5) is 5.69 Å². The highest BCUT2D eigenvalue weighted by molar-refractivity contribution is 7.07. The number of thiophene rings is 1. The van der Waals surface area contributed by atoms with Gasteiger partial charge in [-0.3, -0.25) is 4.68 Å². The fourth-order valence-electron chi connectivity index (χ4n) is 1.28. The number of hydrogen-bond acceptors (Lipinski definition) is 4. The SMILES string of the molecule is Cl.OCCn1cc(NCc2ccsc2)cn1. The summed E-state index contributed by atoms with van der Waals surface area (Å²) in [6, 6.07) is 2.09. The summed E-state index contributed by atoms with van der Waals surface area (Å²) in [7, 11) is 0. The molecule has 0 fully saturated rings. The summed E-state index contributed by atoms with van der Waals surface area (Å²) in [5, 5.41) is 20.3. The van der Waals surface area contributed by atoms with Crippen LogP contribution in [0, 0.1) is 0 Å². The second-order valence-corrected chi connectivity index (χ2v) is 3.98. The van der Waals surface area contributed by atoms with Gasteiger partial charge in [0.25, 0.3) is 0 Å². The highest BCUT2D eigenvalue weighted by atomic mass is 35.5. The van der Waals surface area contributed by atoms with Crippen molar-refractivity contribution in [3.8, 4) is 0 Å². The summed E-state index contributed by atoms with van der Waals surface area (Å²) in [6.45, 7) is 1.47. The van der Waals surface area contributed by atoms with Crippen LogP contribution in [0.5, 0.6) is 0 Å². The largest absolute Gasteiger partial charge is 0.394 e. The van der Waals surface area contributed by atoms with Gasteiger partial charge in [-0.2, -0.15) is 16.4 Å². The first-order valence-electron chi connectivity index (χ1n) is 4.77. The molecule has 16 heavy (non-hydrogen) atoms. The van der Waals surface area contributed by atoms with Crippen molar-refractivity contribution in [2.24, 2.45) is 0 Å². The molecular formula is C10H14ClN3OS. The molecule has 0 aliphatic heterocycles. The Labute approximate surface area is 104 Å². The number of hydrogen-bond donors (Lipinski definition) is 2. The highest BCUT2D eigenvalue weighted by Crippen LogP contribution is 2.10. The standard InChI is InChI=1S/C10H13N3OS.ClH/c14-3-2-13-7-10(6-12-13)11-5-9-1-4-15-8-9;/h1,4,6-8,11,14H,2-3,5H2;1H. The van der Waals surface area contributed by atoms with Crippen LogP contribution in [-0.2, 0) is 13.1 Å². The summed E-state index contributed by atoms with van der Waals surface area (Å²) in [5.74, 6) is 0. The summed E-state index contributed by atoms with van der Waals surface area (Å²) < 4.78 is 1.72. The van der Waals surface area contributed by atoms with Crippen molar-refractivity contribution in [1.29, 1.82) is 0 Å². The summed E-state index contributed by atoms with van der Waals surface area (Å²) >= 11 is 1.69. The molecule has 6 heteroatoms. The van der Waals surface area contributed by atoms with Gasteiger partial charge in [-0.15, -0.1) is 12.4 Å². The fraction of sp³-hybridized carbons (Fsp3) is 0.300. The minimum Gasteiger partial charge on any atom is -0.394 e. The molecule has 0 unspecified atom stereocenters. The lowest BCUT2D eigenvalue weighted by Gasteiger charge is -2.00. The van der Waals surface area contributed by atoms with E-state index in [0.29, 0.717) is 6.54 Å². The highest BCUT2D eigenvalue weighted by Gasteiger charge is 1.98. The molecule has 0 radical (unpaired) electrons. The zero-order valence-corrected chi connectivity index (χ0v) is 10.3. The van der Waals surface area contributed by atoms with E-state index in [9.17, 15) is 0 Å². The van der Waals surface area contributed by atoms with Gasteiger partial charge in [0, 0.05) is 12.7 Å². The predicted octanol–water partition coefficient (Wildman–Crippen LogP) is 1.97. The number of aromatic nitrogens is 2. The maximum absolute atomic E-state index is 8.73. The lowest BCUT2D eigenvalue weighted by atomic mass is 10.3. The zero-order chi connectivity index (χ0) is 10.5. The maximum Gasteiger partial charge on any atom is 0.0729 e. The molecule has 2 heterocycles. The summed E-state index contributed by atoms with van der Waals surface area (Å²) in [4.78, 5) is 0. The van der Waals surface area contributed by atoms with E-state index in [4.69, 9.17) is 5.11 Å². The fourth-order valence-corrected chi connectivity index (χ4v) is 1.95. The molecule has 0 bridgehead atoms. The van der Waals surface area contributed by atoms with E-state index in [0.717, 1.165) is 12.2 Å². The van der Waals surface area contributed by atoms with Crippen molar-refractivity contribution < 1.29 is 5.11 Å². The maximum atomic E-state index is 8.73. The van der Waals surface area contributed by atoms with Gasteiger partial charge in [0.15, 0.2) is 0 Å². The van der Waals surface area contributed by atoms with E-state index in [-0.39, 0.29) is 19.0 Å². The van der Waals surface area contributed by atoms with Crippen LogP contribution in [0.25, 0.3) is 0 Å². The number of aliphatic hydroxyl groups excluding tert-OH is 1. The lowest BCUT2D eigenvalue weighted by Crippen LogP contribution is -2.02. The third-order valence-corrected chi connectivity index (χ3v) is 2.77. The van der Waals surface area contributed by atoms with Crippen LogP contribution in [0.3, 0.4) is 0 Å². The van der Waals surface area contributed by atoms with Crippen LogP contribution < -0.4 is 5.32 Å². The minimum absolute atomic E-state index is 0. The second kappa shape index (κ2) is 6.52. The third-order valence-electron chi connectivity index (χ3n) is 2.04. The van der Waals surface area contributed by atoms with Crippen molar-refractivity contribution in [1.82, 2.24) is 9.78 Å². The first kappa shape index (κ1) is 13.0. The Morgan fingerprint density at radius 2 is 2.38 bits per heavy atom. The Kier molecular flexibility index (Phi) is 5.31. The minimum atomic E-state index is 0. The zero-order valence-electron chi connectivity index (χ0n) is 8.67. The van der Waals surface area contributed by atoms with Gasteiger partial charge in [-0.1, -0.05) is 0 Å². The van der Waals surface area contributed by atoms with Crippen molar-refractivity contribution in [3.63, 3.8) is 0 Å². The molecule has 2 aromatic heterocycles. The first-order valence-corrected chi connectivity index (χ1v) is 5.71. The van der Waals surface area contributed by atoms with E-state index in [1.165, 1.54) is 5.56 Å². The molecule has 2 N–H and O–H groups in total. The van der Waals surface area contributed by atoms with Gasteiger partial charge in [-0.25, -0.2) is 0 Å². The van der Waals surface area contributed by atoms with Crippen LogP contribution >= 0.6 is 23.7 Å². The van der Waals surface area contributed by atoms with E-state index in [1.54, 1.807) is 22.2 Å². The molecule has 0 saturated heterocycles. The number of anilines is 1. The topological polar surface area (TPSA) is 50.1 Å². The van der Waals surface area contributed by atoms with Crippen LogP contribution in [0.1, 0.15) is 5.56 Å². The molecule has 0 spiro atoms. The van der Waals surface area contributed by atoms with Crippen LogP contribution in [0.15, 0.2) is 29.2 Å². The molecular weight excluding hydrogens is 246 g/mol. The lowest BCUT2D eigenvalue weighted by molar-refractivity contribution is 0.269. The molecule has 2 aromatic rings. The van der Waals surface area contributed by atoms with Gasteiger partial charge in [0.2, 0.25) is 0 Å². The molecule has 0 atom stereocenters. The number of rotatable bonds is 5. The van der Waals surface area contributed by atoms with Gasteiger partial charge in [0.1, 0.15) is 0 Å². The number of nitrogens with zero attached hydrogens (tertiary/aromatic N) is 2. The van der Waals surface area contributed by atoms with E-state index >= 15 is 0 Å². The Balaban J connectivity index is 0.00000128. The van der Waals surface area contributed by atoms with E-state index < -0.39 is 0 Å². The Morgan fingerprint density at radius 3 is 3.06 bits per heavy atom. The van der Waals surface area contributed by atoms with Gasteiger partial charge in [0.05, 0.1) is 25.0 Å². The normalized spacial score (nSPS) is 9.81. The van der Waals surface area contributed by atoms with Gasteiger partial charge in [-0.05, 0) is 22.4 Å². The molecule has 0 aliphatic carbocycles. The number of aliphatic hydroxyl groups is 1. The van der Waals surface area contributed by atoms with Crippen LogP contribution in [0.2, 0.25) is 0 Å². The molecule has 2 rings (SSSR count). The second-order valence-electron chi connectivity index (χ2n) is 3.20. The van der Waals surface area contributed by atoms with Crippen molar-refractivity contribution in [3.05, 3.63) is 34.8 Å². The monoisotopic (exact) mass is 259 g/mol. The number of halogens is 1. The molecule has 0 aromatic carbocycles. The molecule has 88 valence electrons. The van der Waals surface area contributed by atoms with E-state index in [2.05, 4.69) is 27.2 Å². The van der Waals surface area contributed by atoms with Crippen molar-refractivity contribution in [2.75, 3.05) is 11.9 Å². The summed E-state index contributed by atoms with van der Waals surface area (Å²) in [5.41, 5.74) is 2.25. The molecule has 4 nitrogen and oxygen atoms in total. The Bertz CT molecular complexity index is 402. The van der Waals surface area contributed by atoms with Gasteiger partial charge < -0.3 is 10.4 Å². The average Bonchev–Trinajstić information content (AvgIpc) is 2.85. The Hall–Kier alpha value is -1.04. The molecule has 0 amide bonds. The van der Waals surface area contributed by atoms with E-state index in [1.807, 2.05) is 6.20 Å². The van der Waals surface area contributed by atoms with Gasteiger partial charge >= 0.3 is 0 Å². The molecule has 0 aliphatic rings. The molecule has 0 saturated carbocycles. The third kappa shape index (κ3) is 3.52. The average molecular weight is 260 g/mol. The quantitative estimate of drug-likeness (QED) is 0.863. The first-order chi connectivity index (χ1) is 7.38.